The summed E-state index contributed by atoms with van der Waals surface area (Å²) in [5, 5.41) is 0. The summed E-state index contributed by atoms with van der Waals surface area (Å²) in [7, 11) is -2.99. The highest BCUT2D eigenvalue weighted by Gasteiger charge is 2.24. The third-order valence-electron chi connectivity index (χ3n) is 3.27. The second-order valence-electron chi connectivity index (χ2n) is 4.76. The fourth-order valence-corrected chi connectivity index (χ4v) is 3.77. The molecule has 2 rings (SSSR count). The minimum Gasteiger partial charge on any atom is -0.338 e. The maximum absolute atomic E-state index is 12.4. The van der Waals surface area contributed by atoms with Crippen LogP contribution >= 0.6 is 15.9 Å². The molecule has 0 unspecified atom stereocenters. The minimum atomic E-state index is -2.99. The van der Waals surface area contributed by atoms with Crippen molar-refractivity contribution in [3.05, 3.63) is 33.8 Å². The lowest BCUT2D eigenvalue weighted by Crippen LogP contribution is -2.34. The van der Waals surface area contributed by atoms with Crippen molar-refractivity contribution in [2.45, 2.75) is 13.3 Å². The number of carbonyl (C=O) groups excluding carboxylic acids is 1. The Balaban J connectivity index is 2.22. The van der Waals surface area contributed by atoms with Gasteiger partial charge in [-0.25, -0.2) is 8.42 Å². The van der Waals surface area contributed by atoms with E-state index in [-0.39, 0.29) is 24.0 Å². The Labute approximate surface area is 121 Å². The van der Waals surface area contributed by atoms with Gasteiger partial charge in [-0.2, -0.15) is 0 Å². The maximum Gasteiger partial charge on any atom is 0.254 e. The van der Waals surface area contributed by atoms with Gasteiger partial charge < -0.3 is 4.90 Å². The lowest BCUT2D eigenvalue weighted by Gasteiger charge is -2.20. The second kappa shape index (κ2) is 5.63. The number of rotatable bonds is 1. The van der Waals surface area contributed by atoms with Gasteiger partial charge in [-0.3, -0.25) is 4.79 Å². The van der Waals surface area contributed by atoms with Gasteiger partial charge in [-0.1, -0.05) is 22.0 Å². The number of benzene rings is 1. The van der Waals surface area contributed by atoms with Crippen LogP contribution in [0, 0.1) is 6.92 Å². The van der Waals surface area contributed by atoms with E-state index in [9.17, 15) is 13.2 Å². The van der Waals surface area contributed by atoms with Crippen molar-refractivity contribution in [3.63, 3.8) is 0 Å². The van der Waals surface area contributed by atoms with Gasteiger partial charge in [-0.05, 0) is 31.0 Å². The first-order valence-corrected chi connectivity index (χ1v) is 8.76. The molecular formula is C13H16BrNO3S. The Bertz CT molecular complexity index is 598. The van der Waals surface area contributed by atoms with Crippen LogP contribution in [0.25, 0.3) is 0 Å². The lowest BCUT2D eigenvalue weighted by atomic mass is 10.1. The number of carbonyl (C=O) groups is 1. The van der Waals surface area contributed by atoms with E-state index < -0.39 is 9.84 Å². The smallest absolute Gasteiger partial charge is 0.254 e. The fourth-order valence-electron chi connectivity index (χ4n) is 2.14. The highest BCUT2D eigenvalue weighted by Crippen LogP contribution is 2.19. The largest absolute Gasteiger partial charge is 0.338 e. The van der Waals surface area contributed by atoms with Crippen LogP contribution in [0.2, 0.25) is 0 Å². The predicted molar refractivity (Wildman–Crippen MR) is 78.1 cm³/mol. The molecule has 1 aromatic carbocycles. The van der Waals surface area contributed by atoms with Crippen LogP contribution in [0.4, 0.5) is 0 Å². The highest BCUT2D eigenvalue weighted by atomic mass is 79.9. The number of hydrogen-bond acceptors (Lipinski definition) is 3. The zero-order valence-electron chi connectivity index (χ0n) is 10.7. The van der Waals surface area contributed by atoms with E-state index in [0.29, 0.717) is 18.5 Å². The second-order valence-corrected chi connectivity index (χ2v) is 7.98. The summed E-state index contributed by atoms with van der Waals surface area (Å²) in [6.07, 6.45) is 0.515. The van der Waals surface area contributed by atoms with Crippen molar-refractivity contribution in [1.82, 2.24) is 4.90 Å². The van der Waals surface area contributed by atoms with Gasteiger partial charge in [0.25, 0.3) is 5.91 Å². The molecule has 0 saturated carbocycles. The number of nitrogens with zero attached hydrogens (tertiary/aromatic N) is 1. The molecule has 0 spiro atoms. The average molecular weight is 346 g/mol. The molecule has 0 N–H and O–H groups in total. The third kappa shape index (κ3) is 3.57. The zero-order valence-corrected chi connectivity index (χ0v) is 13.1. The average Bonchev–Trinajstić information content (AvgIpc) is 2.52. The molecule has 1 amide bonds. The molecule has 0 aromatic heterocycles. The van der Waals surface area contributed by atoms with Gasteiger partial charge >= 0.3 is 0 Å². The van der Waals surface area contributed by atoms with Crippen LogP contribution < -0.4 is 0 Å². The Morgan fingerprint density at radius 2 is 2.00 bits per heavy atom. The monoisotopic (exact) mass is 345 g/mol. The third-order valence-corrected chi connectivity index (χ3v) is 5.48. The topological polar surface area (TPSA) is 54.5 Å². The van der Waals surface area contributed by atoms with Crippen molar-refractivity contribution in [2.75, 3.05) is 24.6 Å². The normalized spacial score (nSPS) is 18.9. The molecular weight excluding hydrogens is 330 g/mol. The summed E-state index contributed by atoms with van der Waals surface area (Å²) in [4.78, 5) is 14.1. The lowest BCUT2D eigenvalue weighted by molar-refractivity contribution is 0.0767. The van der Waals surface area contributed by atoms with Crippen LogP contribution in [0.5, 0.6) is 0 Å². The number of halogens is 1. The van der Waals surface area contributed by atoms with Gasteiger partial charge in [0.15, 0.2) is 9.84 Å². The molecule has 0 aliphatic carbocycles. The highest BCUT2D eigenvalue weighted by molar-refractivity contribution is 9.10. The predicted octanol–water partition coefficient (Wildman–Crippen LogP) is 2.02. The molecule has 104 valence electrons. The Morgan fingerprint density at radius 1 is 1.26 bits per heavy atom. The van der Waals surface area contributed by atoms with Crippen LogP contribution in [0.3, 0.4) is 0 Å². The molecule has 1 aromatic rings. The van der Waals surface area contributed by atoms with Gasteiger partial charge in [0.05, 0.1) is 11.5 Å². The Hall–Kier alpha value is -0.880. The number of hydrogen-bond donors (Lipinski definition) is 0. The van der Waals surface area contributed by atoms with E-state index in [1.54, 1.807) is 11.0 Å². The fraction of sp³-hybridized carbons (Fsp3) is 0.462. The molecule has 1 aliphatic rings. The van der Waals surface area contributed by atoms with Crippen molar-refractivity contribution in [1.29, 1.82) is 0 Å². The number of sulfone groups is 1. The molecule has 0 bridgehead atoms. The van der Waals surface area contributed by atoms with Crippen LogP contribution in [0.1, 0.15) is 22.3 Å². The zero-order chi connectivity index (χ0) is 14.0. The molecule has 1 saturated heterocycles. The summed E-state index contributed by atoms with van der Waals surface area (Å²) in [5.41, 5.74) is 1.54. The van der Waals surface area contributed by atoms with E-state index in [1.165, 1.54) is 0 Å². The summed E-state index contributed by atoms with van der Waals surface area (Å²) < 4.78 is 24.0. The molecule has 19 heavy (non-hydrogen) atoms. The van der Waals surface area contributed by atoms with Gasteiger partial charge in [0.2, 0.25) is 0 Å². The standard InChI is InChI=1S/C13H16BrNO3S/c1-10-3-4-11(14)9-12(10)13(16)15-5-2-7-19(17,18)8-6-15/h3-4,9H,2,5-8H2,1H3. The van der Waals surface area contributed by atoms with Gasteiger partial charge in [-0.15, -0.1) is 0 Å². The van der Waals surface area contributed by atoms with E-state index in [1.807, 2.05) is 19.1 Å². The molecule has 1 heterocycles. The van der Waals surface area contributed by atoms with E-state index in [2.05, 4.69) is 15.9 Å². The van der Waals surface area contributed by atoms with Gasteiger partial charge in [0, 0.05) is 23.1 Å². The SMILES string of the molecule is Cc1ccc(Br)cc1C(=O)N1CCCS(=O)(=O)CC1. The van der Waals surface area contributed by atoms with Crippen molar-refractivity contribution < 1.29 is 13.2 Å². The van der Waals surface area contributed by atoms with Gasteiger partial charge in [0.1, 0.15) is 0 Å². The van der Waals surface area contributed by atoms with Crippen LogP contribution in [-0.4, -0.2) is 43.8 Å². The first kappa shape index (κ1) is 14.5. The van der Waals surface area contributed by atoms with Crippen molar-refractivity contribution >= 4 is 31.7 Å². The minimum absolute atomic E-state index is 0.0613. The van der Waals surface area contributed by atoms with Crippen LogP contribution in [-0.2, 0) is 9.84 Å². The molecule has 1 aliphatic heterocycles. The van der Waals surface area contributed by atoms with E-state index >= 15 is 0 Å². The van der Waals surface area contributed by atoms with E-state index in [4.69, 9.17) is 0 Å². The summed E-state index contributed by atoms with van der Waals surface area (Å²) in [6, 6.07) is 5.56. The molecule has 6 heteroatoms. The van der Waals surface area contributed by atoms with Crippen LogP contribution in [0.15, 0.2) is 22.7 Å². The summed E-state index contributed by atoms with van der Waals surface area (Å²) >= 11 is 3.36. The van der Waals surface area contributed by atoms with Crippen molar-refractivity contribution in [2.24, 2.45) is 0 Å². The number of amides is 1. The Morgan fingerprint density at radius 3 is 2.74 bits per heavy atom. The first-order valence-electron chi connectivity index (χ1n) is 6.15. The summed E-state index contributed by atoms with van der Waals surface area (Å²) in [6.45, 7) is 2.67. The molecule has 0 radical (unpaired) electrons. The quantitative estimate of drug-likeness (QED) is 0.782. The number of aryl methyl sites for hydroxylation is 1. The molecule has 4 nitrogen and oxygen atoms in total. The molecule has 0 atom stereocenters. The summed E-state index contributed by atoms with van der Waals surface area (Å²) in [5.74, 6) is 0.149. The van der Waals surface area contributed by atoms with E-state index in [0.717, 1.165) is 10.0 Å². The first-order chi connectivity index (χ1) is 8.89. The maximum atomic E-state index is 12.4. The van der Waals surface area contributed by atoms with Crippen molar-refractivity contribution in [3.8, 4) is 0 Å². The Kier molecular flexibility index (Phi) is 4.30. The molecule has 1 fully saturated rings.